The van der Waals surface area contributed by atoms with Crippen LogP contribution in [0.15, 0.2) is 53.4 Å². The highest BCUT2D eigenvalue weighted by Gasteiger charge is 2.65. The molecule has 2 unspecified atom stereocenters. The lowest BCUT2D eigenvalue weighted by Crippen LogP contribution is -2.66. The second-order valence-corrected chi connectivity index (χ2v) is 10.7. The van der Waals surface area contributed by atoms with E-state index in [1.165, 1.54) is 36.4 Å². The fourth-order valence-corrected chi connectivity index (χ4v) is 6.52. The first-order valence-corrected chi connectivity index (χ1v) is 12.4. The molecule has 3 aliphatic rings. The van der Waals surface area contributed by atoms with E-state index in [-0.39, 0.29) is 35.5 Å². The number of hydrogen-bond acceptors (Lipinski definition) is 9. The Morgan fingerprint density at radius 1 is 0.971 bits per heavy atom. The van der Waals surface area contributed by atoms with Crippen LogP contribution in [0.5, 0.6) is 5.75 Å². The number of fused-ring (bicyclic) bond motifs is 3. The van der Waals surface area contributed by atoms with Crippen molar-refractivity contribution in [3.05, 3.63) is 59.7 Å². The zero-order valence-corrected chi connectivity index (χ0v) is 19.0. The topological polar surface area (TPSA) is 156 Å². The highest BCUT2D eigenvalue weighted by atomic mass is 32.2. The van der Waals surface area contributed by atoms with Crippen LogP contribution in [0.4, 0.5) is 0 Å². The summed E-state index contributed by atoms with van der Waals surface area (Å²) in [6.07, 6.45) is -0.0627. The lowest BCUT2D eigenvalue weighted by Gasteiger charge is -2.48. The van der Waals surface area contributed by atoms with Crippen LogP contribution in [0.2, 0.25) is 0 Å². The summed E-state index contributed by atoms with van der Waals surface area (Å²) in [5, 5.41) is 20.4. The number of carbonyl (C=O) groups is 4. The maximum atomic E-state index is 13.6. The van der Waals surface area contributed by atoms with E-state index in [1.54, 1.807) is 18.2 Å². The van der Waals surface area contributed by atoms with Crippen LogP contribution in [0.1, 0.15) is 28.8 Å². The van der Waals surface area contributed by atoms with Gasteiger partial charge in [0.2, 0.25) is 0 Å². The maximum Gasteiger partial charge on any atom is 0.339 e. The van der Waals surface area contributed by atoms with E-state index in [2.05, 4.69) is 0 Å². The Morgan fingerprint density at radius 2 is 1.69 bits per heavy atom. The minimum absolute atomic E-state index is 0.0567. The molecular formula is C25H19NO8S. The zero-order chi connectivity index (χ0) is 25.1. The molecule has 178 valence electrons. The van der Waals surface area contributed by atoms with Gasteiger partial charge in [0, 0.05) is 12.3 Å². The quantitative estimate of drug-likeness (QED) is 0.493. The van der Waals surface area contributed by atoms with Gasteiger partial charge >= 0.3 is 10.1 Å². The number of carbonyl (C=O) groups excluding carboxylic acids is 4. The van der Waals surface area contributed by atoms with Crippen molar-refractivity contribution in [3.8, 4) is 11.8 Å². The van der Waals surface area contributed by atoms with Crippen LogP contribution >= 0.6 is 0 Å². The Labute approximate surface area is 200 Å². The van der Waals surface area contributed by atoms with Gasteiger partial charge in [-0.15, -0.1) is 0 Å². The number of nitriles is 1. The van der Waals surface area contributed by atoms with Gasteiger partial charge in [-0.05, 0) is 42.5 Å². The third kappa shape index (κ3) is 3.34. The van der Waals surface area contributed by atoms with Crippen LogP contribution in [0.25, 0.3) is 0 Å². The number of aliphatic hydroxyl groups is 1. The van der Waals surface area contributed by atoms with Crippen LogP contribution < -0.4 is 4.18 Å². The number of benzene rings is 2. The van der Waals surface area contributed by atoms with Gasteiger partial charge in [-0.25, -0.2) is 0 Å². The molecular weight excluding hydrogens is 474 g/mol. The van der Waals surface area contributed by atoms with Crippen molar-refractivity contribution in [3.63, 3.8) is 0 Å². The Morgan fingerprint density at radius 3 is 2.37 bits per heavy atom. The van der Waals surface area contributed by atoms with Crippen LogP contribution in [-0.4, -0.2) is 42.3 Å². The normalized spacial score (nSPS) is 30.1. The first kappa shape index (κ1) is 23.1. The van der Waals surface area contributed by atoms with Gasteiger partial charge < -0.3 is 9.29 Å². The predicted octanol–water partition coefficient (Wildman–Crippen LogP) is 1.43. The molecule has 0 heterocycles. The Kier molecular flexibility index (Phi) is 5.23. The average molecular weight is 493 g/mol. The number of hydrogen-bond donors (Lipinski definition) is 1. The summed E-state index contributed by atoms with van der Waals surface area (Å²) in [4.78, 5) is 52.0. The highest BCUT2D eigenvalue weighted by Crippen LogP contribution is 2.49. The zero-order valence-electron chi connectivity index (χ0n) is 18.2. The molecule has 35 heavy (non-hydrogen) atoms. The minimum atomic E-state index is -4.28. The monoisotopic (exact) mass is 493 g/mol. The van der Waals surface area contributed by atoms with Crippen molar-refractivity contribution in [2.24, 2.45) is 23.7 Å². The van der Waals surface area contributed by atoms with Gasteiger partial charge in [-0.1, -0.05) is 30.3 Å². The lowest BCUT2D eigenvalue weighted by atomic mass is 9.54. The fraction of sp³-hybridized carbons (Fsp3) is 0.320. The van der Waals surface area contributed by atoms with Crippen LogP contribution in [0.3, 0.4) is 0 Å². The van der Waals surface area contributed by atoms with Crippen molar-refractivity contribution < 1.29 is 36.9 Å². The van der Waals surface area contributed by atoms with E-state index < -0.39 is 62.5 Å². The molecule has 0 amide bonds. The lowest BCUT2D eigenvalue weighted by molar-refractivity contribution is -0.173. The predicted molar refractivity (Wildman–Crippen MR) is 118 cm³/mol. The molecule has 0 bridgehead atoms. The minimum Gasteiger partial charge on any atom is -0.378 e. The SMILES string of the molecule is N#CC1C(=O)C[C@@H]2C[C@@H]3Cc4cccc(OS(=O)(=O)c5ccccc5)c4C(=O)C3C(=O)[C@]2(O)C1=O. The summed E-state index contributed by atoms with van der Waals surface area (Å²) in [5.74, 6) is -8.71. The molecule has 10 heteroatoms. The van der Waals surface area contributed by atoms with E-state index in [4.69, 9.17) is 4.18 Å². The molecule has 0 aliphatic heterocycles. The van der Waals surface area contributed by atoms with Gasteiger partial charge in [0.05, 0.1) is 17.6 Å². The summed E-state index contributed by atoms with van der Waals surface area (Å²) < 4.78 is 30.8. The number of Topliss-reactive ketones (excluding diaryl/α,β-unsaturated/α-hetero) is 4. The van der Waals surface area contributed by atoms with Crippen molar-refractivity contribution >= 4 is 33.3 Å². The third-order valence-electron chi connectivity index (χ3n) is 7.20. The molecule has 3 aliphatic carbocycles. The second-order valence-electron chi connectivity index (χ2n) is 9.11. The van der Waals surface area contributed by atoms with E-state index in [0.29, 0.717) is 5.56 Å². The number of nitrogens with zero attached hydrogens (tertiary/aromatic N) is 1. The van der Waals surface area contributed by atoms with Crippen LogP contribution in [0, 0.1) is 35.0 Å². The fourth-order valence-electron chi connectivity index (χ4n) is 5.56. The van der Waals surface area contributed by atoms with Gasteiger partial charge in [0.1, 0.15) is 4.90 Å². The molecule has 0 spiro atoms. The maximum absolute atomic E-state index is 13.6. The molecule has 1 N–H and O–H groups in total. The molecule has 2 aromatic carbocycles. The molecule has 5 atom stereocenters. The van der Waals surface area contributed by atoms with Crippen molar-refractivity contribution in [2.45, 2.75) is 29.8 Å². The Bertz CT molecular complexity index is 1440. The molecule has 0 saturated heterocycles. The van der Waals surface area contributed by atoms with E-state index in [9.17, 15) is 38.0 Å². The second kappa shape index (κ2) is 7.93. The summed E-state index contributed by atoms with van der Waals surface area (Å²) in [6, 6.07) is 13.4. The summed E-state index contributed by atoms with van der Waals surface area (Å²) in [6.45, 7) is 0. The smallest absolute Gasteiger partial charge is 0.339 e. The number of rotatable bonds is 3. The molecule has 2 aromatic rings. The third-order valence-corrected chi connectivity index (χ3v) is 8.45. The van der Waals surface area contributed by atoms with E-state index in [1.807, 2.05) is 0 Å². The summed E-state index contributed by atoms with van der Waals surface area (Å²) >= 11 is 0. The Balaban J connectivity index is 1.55. The van der Waals surface area contributed by atoms with Crippen molar-refractivity contribution in [1.29, 1.82) is 5.26 Å². The van der Waals surface area contributed by atoms with E-state index in [0.717, 1.165) is 0 Å². The first-order chi connectivity index (χ1) is 16.6. The van der Waals surface area contributed by atoms with Gasteiger partial charge in [0.25, 0.3) is 0 Å². The molecule has 9 nitrogen and oxygen atoms in total. The average Bonchev–Trinajstić information content (AvgIpc) is 2.82. The summed E-state index contributed by atoms with van der Waals surface area (Å²) in [5.41, 5.74) is -2.24. The molecule has 0 aromatic heterocycles. The summed E-state index contributed by atoms with van der Waals surface area (Å²) in [7, 11) is -4.28. The van der Waals surface area contributed by atoms with Crippen molar-refractivity contribution in [2.75, 3.05) is 0 Å². The Hall–Kier alpha value is -3.68. The van der Waals surface area contributed by atoms with Gasteiger partial charge in [-0.3, -0.25) is 19.2 Å². The first-order valence-electron chi connectivity index (χ1n) is 11.0. The standard InChI is InChI=1S/C25H19NO8S/c26-12-17-18(27)11-15-10-14-9-13-5-4-8-19(34-35(32,33)16-6-2-1-3-7-16)20(13)22(28)21(14)24(30)25(15,31)23(17)29/h1-8,14-15,17,21,31H,9-11H2/t14-,15-,17?,21?,25+/m0/s1. The van der Waals surface area contributed by atoms with Crippen molar-refractivity contribution in [1.82, 2.24) is 0 Å². The highest BCUT2D eigenvalue weighted by molar-refractivity contribution is 7.87. The molecule has 0 radical (unpaired) electrons. The van der Waals surface area contributed by atoms with E-state index >= 15 is 0 Å². The molecule has 2 saturated carbocycles. The number of ketones is 4. The molecule has 2 fully saturated rings. The molecule has 5 rings (SSSR count). The van der Waals surface area contributed by atoms with Crippen LogP contribution in [-0.2, 0) is 30.9 Å². The van der Waals surface area contributed by atoms with Gasteiger partial charge in [-0.2, -0.15) is 13.7 Å². The largest absolute Gasteiger partial charge is 0.378 e. The van der Waals surface area contributed by atoms with Gasteiger partial charge in [0.15, 0.2) is 40.4 Å².